The molecule has 1 aliphatic rings. The maximum Gasteiger partial charge on any atom is 0.524 e. The summed E-state index contributed by atoms with van der Waals surface area (Å²) in [4.78, 5) is 41.5. The first-order chi connectivity index (χ1) is 19.8. The predicted molar refractivity (Wildman–Crippen MR) is 164 cm³/mol. The van der Waals surface area contributed by atoms with Gasteiger partial charge in [0, 0.05) is 40.2 Å². The molecule has 0 aliphatic carbocycles. The van der Waals surface area contributed by atoms with Crippen LogP contribution in [0.3, 0.4) is 0 Å². The summed E-state index contributed by atoms with van der Waals surface area (Å²) < 4.78 is 24.1. The fraction of sp³-hybridized carbons (Fsp3) is 0.250. The number of fused-ring (bicyclic) bond motifs is 1. The minimum atomic E-state index is -4.82. The summed E-state index contributed by atoms with van der Waals surface area (Å²) in [7, 11) is -3.22. The van der Waals surface area contributed by atoms with Crippen molar-refractivity contribution in [2.45, 2.75) is 46.5 Å². The summed E-state index contributed by atoms with van der Waals surface area (Å²) in [5, 5.41) is 0.878. The Morgan fingerprint density at radius 3 is 2.48 bits per heavy atom. The molecule has 0 bridgehead atoms. The molecule has 0 atom stereocenters. The number of aromatic amines is 1. The number of carbonyl (C=O) groups is 1. The minimum absolute atomic E-state index is 0.0266. The number of para-hydroxylation sites is 1. The van der Waals surface area contributed by atoms with Crippen LogP contribution in [-0.4, -0.2) is 38.1 Å². The molecule has 0 fully saturated rings. The number of benzene rings is 2. The van der Waals surface area contributed by atoms with Gasteiger partial charge in [-0.25, -0.2) is 9.56 Å². The van der Waals surface area contributed by atoms with Gasteiger partial charge in [-0.2, -0.15) is 0 Å². The summed E-state index contributed by atoms with van der Waals surface area (Å²) in [6.45, 7) is 9.57. The normalized spacial score (nSPS) is 14.8. The molecule has 218 valence electrons. The van der Waals surface area contributed by atoms with E-state index in [1.165, 1.54) is 6.07 Å². The second-order valence-corrected chi connectivity index (χ2v) is 12.4. The molecule has 0 saturated carbocycles. The number of H-pyrrole nitrogens is 1. The lowest BCUT2D eigenvalue weighted by atomic mass is 9.78. The fourth-order valence-electron chi connectivity index (χ4n) is 5.72. The standard InChI is InChI=1S/C32H34N3O6P/c1-19-10-9-13-28(41-42(37,38)39)31(19)32(4,5)18-30(36)35-26-12-8-7-11-22(26)15-27(35)24-17-29(40-6)25(34-24)16-23-20(2)14-21(3)33-23/h7-17,33H,18H2,1-6H3,(H2,37,38,39). The van der Waals surface area contributed by atoms with Crippen LogP contribution in [0, 0.1) is 20.8 Å². The van der Waals surface area contributed by atoms with E-state index in [0.717, 1.165) is 33.4 Å². The van der Waals surface area contributed by atoms with Crippen LogP contribution in [0.15, 0.2) is 77.1 Å². The fourth-order valence-corrected chi connectivity index (χ4v) is 6.13. The van der Waals surface area contributed by atoms with Crippen LogP contribution in [0.25, 0.3) is 17.0 Å². The lowest BCUT2D eigenvalue weighted by molar-refractivity contribution is 0.0881. The van der Waals surface area contributed by atoms with Crippen LogP contribution in [0.4, 0.5) is 0 Å². The number of aromatic nitrogens is 2. The Morgan fingerprint density at radius 2 is 1.81 bits per heavy atom. The van der Waals surface area contributed by atoms with Gasteiger partial charge in [0.05, 0.1) is 24.0 Å². The number of hydrogen-bond donors (Lipinski definition) is 3. The Labute approximate surface area is 244 Å². The second-order valence-electron chi connectivity index (χ2n) is 11.2. The SMILES string of the molecule is COC1=CC(c2cc3ccccc3n2C(=O)CC(C)(C)c2c(C)cccc2OP(=O)(O)O)=NC1=Cc1[nH]c(C)cc1C. The smallest absolute Gasteiger partial charge is 0.494 e. The lowest BCUT2D eigenvalue weighted by Gasteiger charge is -2.29. The number of rotatable bonds is 8. The molecule has 3 heterocycles. The molecule has 0 unspecified atom stereocenters. The Bertz CT molecular complexity index is 1850. The average molecular weight is 588 g/mol. The minimum Gasteiger partial charge on any atom is -0.494 e. The van der Waals surface area contributed by atoms with E-state index in [-0.39, 0.29) is 18.1 Å². The third-order valence-electron chi connectivity index (χ3n) is 7.40. The highest BCUT2D eigenvalue weighted by Gasteiger charge is 2.33. The van der Waals surface area contributed by atoms with Gasteiger partial charge in [0.1, 0.15) is 17.2 Å². The Hall–Kier alpha value is -4.17. The van der Waals surface area contributed by atoms with Gasteiger partial charge < -0.3 is 14.2 Å². The maximum absolute atomic E-state index is 14.2. The van der Waals surface area contributed by atoms with Crippen molar-refractivity contribution >= 4 is 36.4 Å². The molecule has 0 spiro atoms. The highest BCUT2D eigenvalue weighted by molar-refractivity contribution is 7.46. The van der Waals surface area contributed by atoms with Crippen LogP contribution in [0.1, 0.15) is 58.8 Å². The Morgan fingerprint density at radius 1 is 1.07 bits per heavy atom. The van der Waals surface area contributed by atoms with Crippen molar-refractivity contribution in [3.05, 3.63) is 106 Å². The van der Waals surface area contributed by atoms with Crippen LogP contribution in [-0.2, 0) is 14.7 Å². The number of aryl methyl sites for hydroxylation is 3. The van der Waals surface area contributed by atoms with Crippen LogP contribution >= 0.6 is 7.82 Å². The van der Waals surface area contributed by atoms with Crippen LogP contribution in [0.5, 0.6) is 5.75 Å². The summed E-state index contributed by atoms with van der Waals surface area (Å²) >= 11 is 0. The molecular weight excluding hydrogens is 553 g/mol. The molecule has 10 heteroatoms. The molecule has 0 amide bonds. The predicted octanol–water partition coefficient (Wildman–Crippen LogP) is 6.75. The van der Waals surface area contributed by atoms with Crippen molar-refractivity contribution in [1.82, 2.24) is 9.55 Å². The van der Waals surface area contributed by atoms with Crippen molar-refractivity contribution in [2.75, 3.05) is 7.11 Å². The molecule has 4 aromatic rings. The average Bonchev–Trinajstić information content (AvgIpc) is 3.56. The molecule has 3 N–H and O–H groups in total. The summed E-state index contributed by atoms with van der Waals surface area (Å²) in [6.07, 6.45) is 3.79. The molecule has 0 radical (unpaired) electrons. The van der Waals surface area contributed by atoms with Crippen molar-refractivity contribution < 1.29 is 28.4 Å². The Kier molecular flexibility index (Phi) is 7.62. The van der Waals surface area contributed by atoms with Gasteiger partial charge in [-0.15, -0.1) is 0 Å². The third kappa shape index (κ3) is 5.77. The topological polar surface area (TPSA) is 126 Å². The zero-order valence-electron chi connectivity index (χ0n) is 24.4. The second kappa shape index (κ2) is 10.9. The van der Waals surface area contributed by atoms with Gasteiger partial charge in [-0.05, 0) is 62.2 Å². The van der Waals surface area contributed by atoms with Crippen LogP contribution < -0.4 is 4.52 Å². The molecular formula is C32H34N3O6P. The zero-order chi connectivity index (χ0) is 30.4. The Balaban J connectivity index is 1.59. The van der Waals surface area contributed by atoms with E-state index in [1.54, 1.807) is 17.7 Å². The molecule has 0 saturated heterocycles. The molecule has 5 rings (SSSR count). The van der Waals surface area contributed by atoms with E-state index in [2.05, 4.69) is 11.1 Å². The van der Waals surface area contributed by atoms with Crippen molar-refractivity contribution in [3.8, 4) is 5.75 Å². The molecule has 42 heavy (non-hydrogen) atoms. The first-order valence-corrected chi connectivity index (χ1v) is 15.0. The van der Waals surface area contributed by atoms with E-state index >= 15 is 0 Å². The number of nitrogens with zero attached hydrogens (tertiary/aromatic N) is 2. The molecule has 9 nitrogen and oxygen atoms in total. The van der Waals surface area contributed by atoms with E-state index in [0.29, 0.717) is 28.4 Å². The number of nitrogens with one attached hydrogen (secondary N) is 1. The number of aliphatic imine (C=N–C) groups is 1. The van der Waals surface area contributed by atoms with E-state index in [1.807, 2.05) is 83.2 Å². The van der Waals surface area contributed by atoms with E-state index < -0.39 is 13.2 Å². The summed E-state index contributed by atoms with van der Waals surface area (Å²) in [5.41, 5.74) is 6.11. The zero-order valence-corrected chi connectivity index (χ0v) is 25.3. The number of phosphoric acid groups is 1. The number of methoxy groups -OCH3 is 1. The van der Waals surface area contributed by atoms with Gasteiger partial charge >= 0.3 is 7.82 Å². The van der Waals surface area contributed by atoms with Gasteiger partial charge in [-0.1, -0.05) is 44.2 Å². The van der Waals surface area contributed by atoms with Gasteiger partial charge in [0.2, 0.25) is 5.91 Å². The van der Waals surface area contributed by atoms with Gasteiger partial charge in [-0.3, -0.25) is 19.1 Å². The number of ether oxygens (including phenoxy) is 1. The van der Waals surface area contributed by atoms with E-state index in [4.69, 9.17) is 14.3 Å². The number of allylic oxidation sites excluding steroid dienone is 1. The third-order valence-corrected chi connectivity index (χ3v) is 7.83. The first-order valence-electron chi connectivity index (χ1n) is 13.5. The largest absolute Gasteiger partial charge is 0.524 e. The van der Waals surface area contributed by atoms with Gasteiger partial charge in [0.25, 0.3) is 0 Å². The van der Waals surface area contributed by atoms with Crippen molar-refractivity contribution in [3.63, 3.8) is 0 Å². The van der Waals surface area contributed by atoms with Crippen LogP contribution in [0.2, 0.25) is 0 Å². The van der Waals surface area contributed by atoms with Crippen molar-refractivity contribution in [2.24, 2.45) is 4.99 Å². The highest BCUT2D eigenvalue weighted by Crippen LogP contribution is 2.45. The molecule has 2 aromatic heterocycles. The summed E-state index contributed by atoms with van der Waals surface area (Å²) in [6, 6.07) is 16.6. The number of phosphoric ester groups is 1. The van der Waals surface area contributed by atoms with E-state index in [9.17, 15) is 19.1 Å². The number of hydrogen-bond acceptors (Lipinski definition) is 5. The van der Waals surface area contributed by atoms with Gasteiger partial charge in [0.15, 0.2) is 0 Å². The monoisotopic (exact) mass is 587 g/mol. The number of carbonyl (C=O) groups excluding carboxylic acids is 1. The quantitative estimate of drug-likeness (QED) is 0.196. The summed E-state index contributed by atoms with van der Waals surface area (Å²) in [5.74, 6) is 0.432. The molecule has 2 aromatic carbocycles. The maximum atomic E-state index is 14.2. The first kappa shape index (κ1) is 29.3. The lowest BCUT2D eigenvalue weighted by Crippen LogP contribution is -2.28. The van der Waals surface area contributed by atoms with Crippen molar-refractivity contribution in [1.29, 1.82) is 0 Å². The molecule has 1 aliphatic heterocycles. The highest BCUT2D eigenvalue weighted by atomic mass is 31.2.